The third-order valence-electron chi connectivity index (χ3n) is 5.66. The van der Waals surface area contributed by atoms with E-state index < -0.39 is 35.6 Å². The van der Waals surface area contributed by atoms with E-state index in [-0.39, 0.29) is 48.8 Å². The maximum absolute atomic E-state index is 13.0. The lowest BCUT2D eigenvalue weighted by atomic mass is 10.0. The highest BCUT2D eigenvalue weighted by atomic mass is 16.7. The van der Waals surface area contributed by atoms with Gasteiger partial charge >= 0.3 is 0 Å². The summed E-state index contributed by atoms with van der Waals surface area (Å²) in [6.45, 7) is 2.73. The highest BCUT2D eigenvalue weighted by molar-refractivity contribution is 5.98. The number of nitrogens with two attached hydrogens (primary N) is 1. The first-order chi connectivity index (χ1) is 19.6. The molecule has 1 heterocycles. The molecule has 5 amide bonds. The lowest BCUT2D eigenvalue weighted by Gasteiger charge is -2.22. The summed E-state index contributed by atoms with van der Waals surface area (Å²) in [6, 6.07) is 12.4. The summed E-state index contributed by atoms with van der Waals surface area (Å²) in [4.78, 5) is 66.7. The van der Waals surface area contributed by atoms with E-state index in [1.165, 1.54) is 23.0 Å². The number of aromatic nitrogens is 3. The van der Waals surface area contributed by atoms with Crippen molar-refractivity contribution in [1.29, 1.82) is 5.26 Å². The van der Waals surface area contributed by atoms with E-state index in [1.54, 1.807) is 38.1 Å². The summed E-state index contributed by atoms with van der Waals surface area (Å²) in [5.74, 6) is -3.06. The van der Waals surface area contributed by atoms with Gasteiger partial charge in [0.15, 0.2) is 5.75 Å². The largest absolute Gasteiger partial charge is 0.368 e. The molecule has 1 atom stereocenters. The van der Waals surface area contributed by atoms with E-state index in [0.29, 0.717) is 11.0 Å². The fraction of sp³-hybridized carbons (Fsp3) is 0.308. The molecule has 6 N–H and O–H groups in total. The van der Waals surface area contributed by atoms with Gasteiger partial charge in [0.2, 0.25) is 23.6 Å². The second-order valence-electron chi connectivity index (χ2n) is 9.12. The number of benzene rings is 2. The van der Waals surface area contributed by atoms with Crippen molar-refractivity contribution in [3.05, 3.63) is 53.6 Å². The molecule has 1 aromatic heterocycles. The second-order valence-corrected chi connectivity index (χ2v) is 9.12. The van der Waals surface area contributed by atoms with Crippen LogP contribution in [0, 0.1) is 17.2 Å². The number of hydrogen-bond acceptors (Lipinski definition) is 9. The molecule has 41 heavy (non-hydrogen) atoms. The van der Waals surface area contributed by atoms with Crippen molar-refractivity contribution >= 4 is 40.6 Å². The summed E-state index contributed by atoms with van der Waals surface area (Å²) >= 11 is 0. The van der Waals surface area contributed by atoms with Crippen molar-refractivity contribution in [2.24, 2.45) is 11.7 Å². The SMILES string of the molecule is CC(C)C(NC(=O)c1ccc(On2nnc3ccccc32)c(C#N)c1)C(=O)NCCC(=O)NCC(=O)NCC(N)=O. The third kappa shape index (κ3) is 8.48. The number of para-hydroxylation sites is 1. The summed E-state index contributed by atoms with van der Waals surface area (Å²) in [5.41, 5.74) is 6.31. The number of fused-ring (bicyclic) bond motifs is 1. The van der Waals surface area contributed by atoms with E-state index in [0.717, 1.165) is 0 Å². The van der Waals surface area contributed by atoms with Crippen LogP contribution in [0.15, 0.2) is 42.5 Å². The Balaban J connectivity index is 1.55. The van der Waals surface area contributed by atoms with Crippen LogP contribution in [0.25, 0.3) is 11.0 Å². The van der Waals surface area contributed by atoms with Crippen molar-refractivity contribution in [3.8, 4) is 11.8 Å². The molecule has 3 aromatic rings. The lowest BCUT2D eigenvalue weighted by Crippen LogP contribution is -2.50. The van der Waals surface area contributed by atoms with Crippen LogP contribution in [-0.4, -0.2) is 70.4 Å². The molecule has 0 aliphatic carbocycles. The van der Waals surface area contributed by atoms with Gasteiger partial charge in [-0.05, 0) is 41.5 Å². The molecule has 0 saturated heterocycles. The van der Waals surface area contributed by atoms with E-state index in [4.69, 9.17) is 10.6 Å². The fourth-order valence-electron chi connectivity index (χ4n) is 3.53. The van der Waals surface area contributed by atoms with Crippen LogP contribution in [0.2, 0.25) is 0 Å². The van der Waals surface area contributed by atoms with E-state index >= 15 is 0 Å². The topological polar surface area (TPSA) is 223 Å². The maximum Gasteiger partial charge on any atom is 0.251 e. The number of nitriles is 1. The van der Waals surface area contributed by atoms with Crippen LogP contribution >= 0.6 is 0 Å². The predicted octanol–water partition coefficient (Wildman–Crippen LogP) is -0.877. The predicted molar refractivity (Wildman–Crippen MR) is 144 cm³/mol. The van der Waals surface area contributed by atoms with Gasteiger partial charge in [-0.2, -0.15) is 5.26 Å². The molecule has 15 nitrogen and oxygen atoms in total. The van der Waals surface area contributed by atoms with E-state index in [1.807, 2.05) is 6.07 Å². The first-order valence-corrected chi connectivity index (χ1v) is 12.5. The fourth-order valence-corrected chi connectivity index (χ4v) is 3.53. The van der Waals surface area contributed by atoms with Crippen molar-refractivity contribution < 1.29 is 28.8 Å². The molecule has 214 valence electrons. The van der Waals surface area contributed by atoms with Crippen molar-refractivity contribution in [3.63, 3.8) is 0 Å². The number of carbonyl (C=O) groups is 5. The van der Waals surface area contributed by atoms with Gasteiger partial charge in [-0.25, -0.2) is 0 Å². The first kappa shape index (κ1) is 30.0. The Morgan fingerprint density at radius 1 is 1.02 bits per heavy atom. The Morgan fingerprint density at radius 3 is 2.46 bits per heavy atom. The summed E-state index contributed by atoms with van der Waals surface area (Å²) in [5, 5.41) is 27.4. The van der Waals surface area contributed by atoms with Crippen LogP contribution in [0.4, 0.5) is 0 Å². The summed E-state index contributed by atoms with van der Waals surface area (Å²) < 4.78 is 0. The third-order valence-corrected chi connectivity index (χ3v) is 5.66. The number of nitrogens with one attached hydrogen (secondary N) is 4. The first-order valence-electron chi connectivity index (χ1n) is 12.5. The zero-order valence-corrected chi connectivity index (χ0v) is 22.3. The molecule has 0 spiro atoms. The van der Waals surface area contributed by atoms with Crippen molar-refractivity contribution in [2.75, 3.05) is 19.6 Å². The van der Waals surface area contributed by atoms with Crippen molar-refractivity contribution in [1.82, 2.24) is 36.4 Å². The van der Waals surface area contributed by atoms with Gasteiger partial charge in [0.25, 0.3) is 5.91 Å². The van der Waals surface area contributed by atoms with Crippen LogP contribution in [0.3, 0.4) is 0 Å². The van der Waals surface area contributed by atoms with Crippen molar-refractivity contribution in [2.45, 2.75) is 26.3 Å². The average molecular weight is 564 g/mol. The molecule has 0 bridgehead atoms. The Morgan fingerprint density at radius 2 is 1.76 bits per heavy atom. The minimum atomic E-state index is -0.937. The zero-order valence-electron chi connectivity index (χ0n) is 22.3. The van der Waals surface area contributed by atoms with Crippen LogP contribution in [0.1, 0.15) is 36.2 Å². The zero-order chi connectivity index (χ0) is 29.9. The molecule has 2 aromatic carbocycles. The van der Waals surface area contributed by atoms with Gasteiger partial charge in [0.05, 0.1) is 18.7 Å². The standard InChI is InChI=1S/C26H29N9O6/c1-15(2)24(26(40)29-10-9-22(37)31-14-23(38)30-13-21(28)36)32-25(39)16-7-8-20(17(11-16)12-27)41-35-19-6-4-3-5-18(19)33-34-35/h3-8,11,15,24H,9-10,13-14H2,1-2H3,(H2,28,36)(H,29,40)(H,30,38)(H,31,37)(H,32,39). The molecule has 3 rings (SSSR count). The van der Waals surface area contributed by atoms with Gasteiger partial charge in [-0.3, -0.25) is 24.0 Å². The van der Waals surface area contributed by atoms with E-state index in [9.17, 15) is 29.2 Å². The number of primary amides is 1. The minimum absolute atomic E-state index is 0.0474. The molecule has 0 saturated carbocycles. The Kier molecular flexibility index (Phi) is 10.3. The summed E-state index contributed by atoms with van der Waals surface area (Å²) in [7, 11) is 0. The maximum atomic E-state index is 13.0. The number of hydrogen-bond donors (Lipinski definition) is 5. The molecule has 1 unspecified atom stereocenters. The van der Waals surface area contributed by atoms with Crippen LogP contribution in [-0.2, 0) is 19.2 Å². The number of rotatable bonds is 13. The Bertz CT molecular complexity index is 1490. The van der Waals surface area contributed by atoms with Gasteiger partial charge in [-0.15, -0.1) is 5.10 Å². The average Bonchev–Trinajstić information content (AvgIpc) is 3.36. The Labute approximate surface area is 234 Å². The molecule has 15 heteroatoms. The number of carbonyl (C=O) groups excluding carboxylic acids is 5. The monoisotopic (exact) mass is 563 g/mol. The second kappa shape index (κ2) is 14.0. The smallest absolute Gasteiger partial charge is 0.251 e. The van der Waals surface area contributed by atoms with Gasteiger partial charge < -0.3 is 31.8 Å². The molecule has 0 aliphatic rings. The van der Waals surface area contributed by atoms with E-state index in [2.05, 4.69) is 31.6 Å². The normalized spacial score (nSPS) is 11.3. The molecule has 0 aliphatic heterocycles. The van der Waals surface area contributed by atoms with Crippen LogP contribution < -0.4 is 31.8 Å². The van der Waals surface area contributed by atoms with Gasteiger partial charge in [0, 0.05) is 18.5 Å². The summed E-state index contributed by atoms with van der Waals surface area (Å²) in [6.07, 6.45) is -0.123. The number of amides is 5. The van der Waals surface area contributed by atoms with Gasteiger partial charge in [0.1, 0.15) is 23.1 Å². The highest BCUT2D eigenvalue weighted by Crippen LogP contribution is 2.21. The van der Waals surface area contributed by atoms with Gasteiger partial charge in [-0.1, -0.05) is 30.8 Å². The quantitative estimate of drug-likeness (QED) is 0.174. The molecular weight excluding hydrogens is 534 g/mol. The Hall–Kier alpha value is -5.52. The molecule has 0 fully saturated rings. The molecular formula is C26H29N9O6. The lowest BCUT2D eigenvalue weighted by molar-refractivity contribution is -0.127. The highest BCUT2D eigenvalue weighted by Gasteiger charge is 2.25. The molecule has 0 radical (unpaired) electrons. The minimum Gasteiger partial charge on any atom is -0.368 e. The van der Waals surface area contributed by atoms with Crippen LogP contribution in [0.5, 0.6) is 5.75 Å². The number of nitrogens with zero attached hydrogens (tertiary/aromatic N) is 4.